The van der Waals surface area contributed by atoms with Crippen molar-refractivity contribution in [3.8, 4) is 0 Å². The molecule has 112 valence electrons. The van der Waals surface area contributed by atoms with E-state index in [0.29, 0.717) is 6.10 Å². The number of amides is 1. The molecule has 1 rings (SSSR count). The van der Waals surface area contributed by atoms with Gasteiger partial charge in [-0.05, 0) is 59.2 Å². The van der Waals surface area contributed by atoms with Crippen LogP contribution in [0, 0.1) is 0 Å². The lowest BCUT2D eigenvalue weighted by atomic mass is 9.92. The summed E-state index contributed by atoms with van der Waals surface area (Å²) < 4.78 is 5.87. The Hall–Kier alpha value is -0.810. The van der Waals surface area contributed by atoms with E-state index in [1.807, 2.05) is 0 Å². The van der Waals surface area contributed by atoms with Gasteiger partial charge in [0.15, 0.2) is 0 Å². The average Bonchev–Trinajstić information content (AvgIpc) is 2.37. The smallest absolute Gasteiger partial charge is 0.407 e. The Morgan fingerprint density at radius 3 is 2.32 bits per heavy atom. The van der Waals surface area contributed by atoms with Crippen LogP contribution >= 0.6 is 0 Å². The Kier molecular flexibility index (Phi) is 7.16. The third-order valence-corrected chi connectivity index (χ3v) is 3.85. The van der Waals surface area contributed by atoms with Crippen molar-refractivity contribution in [2.45, 2.75) is 50.7 Å². The highest BCUT2D eigenvalue weighted by molar-refractivity contribution is 5.64. The van der Waals surface area contributed by atoms with Gasteiger partial charge in [-0.2, -0.15) is 0 Å². The quantitative estimate of drug-likeness (QED) is 0.722. The van der Waals surface area contributed by atoms with Gasteiger partial charge in [-0.15, -0.1) is 0 Å². The third kappa shape index (κ3) is 6.25. The minimum atomic E-state index is -0.826. The summed E-state index contributed by atoms with van der Waals surface area (Å²) in [6, 6.07) is 0.172. The zero-order valence-corrected chi connectivity index (χ0v) is 12.5. The van der Waals surface area contributed by atoms with Crippen LogP contribution < -0.4 is 0 Å². The largest absolute Gasteiger partial charge is 0.465 e. The summed E-state index contributed by atoms with van der Waals surface area (Å²) in [6.45, 7) is 1.94. The van der Waals surface area contributed by atoms with Gasteiger partial charge in [0, 0.05) is 19.7 Å². The van der Waals surface area contributed by atoms with Gasteiger partial charge in [0.05, 0.1) is 6.10 Å². The molecule has 0 radical (unpaired) electrons. The van der Waals surface area contributed by atoms with E-state index in [2.05, 4.69) is 19.0 Å². The van der Waals surface area contributed by atoms with E-state index in [9.17, 15) is 4.79 Å². The first-order valence-electron chi connectivity index (χ1n) is 7.22. The van der Waals surface area contributed by atoms with Crippen molar-refractivity contribution >= 4 is 6.09 Å². The molecular formula is C14H28N2O3. The maximum Gasteiger partial charge on any atom is 0.407 e. The minimum Gasteiger partial charge on any atom is -0.465 e. The molecule has 0 atom stereocenters. The number of carboxylic acid groups (broad SMARTS) is 1. The van der Waals surface area contributed by atoms with E-state index in [1.165, 1.54) is 11.3 Å². The molecule has 0 heterocycles. The van der Waals surface area contributed by atoms with Crippen LogP contribution in [0.15, 0.2) is 0 Å². The molecule has 1 aliphatic rings. The van der Waals surface area contributed by atoms with Gasteiger partial charge in [0.25, 0.3) is 0 Å². The van der Waals surface area contributed by atoms with E-state index >= 15 is 0 Å². The van der Waals surface area contributed by atoms with E-state index < -0.39 is 6.09 Å². The van der Waals surface area contributed by atoms with Crippen molar-refractivity contribution < 1.29 is 14.6 Å². The number of nitrogens with zero attached hydrogens (tertiary/aromatic N) is 2. The van der Waals surface area contributed by atoms with Crippen LogP contribution in [0.5, 0.6) is 0 Å². The molecular weight excluding hydrogens is 244 g/mol. The van der Waals surface area contributed by atoms with Gasteiger partial charge in [-0.25, -0.2) is 4.79 Å². The second-order valence-corrected chi connectivity index (χ2v) is 5.71. The van der Waals surface area contributed by atoms with Crippen LogP contribution in [0.1, 0.15) is 38.5 Å². The zero-order chi connectivity index (χ0) is 14.3. The summed E-state index contributed by atoms with van der Waals surface area (Å²) in [5.74, 6) is 0. The summed E-state index contributed by atoms with van der Waals surface area (Å²) in [7, 11) is 5.83. The van der Waals surface area contributed by atoms with Gasteiger partial charge in [0.2, 0.25) is 0 Å². The Morgan fingerprint density at radius 1 is 1.16 bits per heavy atom. The summed E-state index contributed by atoms with van der Waals surface area (Å²) in [6.07, 6.45) is 5.59. The fraction of sp³-hybridized carbons (Fsp3) is 0.929. The molecule has 0 aromatic carbocycles. The second-order valence-electron chi connectivity index (χ2n) is 5.71. The fourth-order valence-electron chi connectivity index (χ4n) is 2.54. The summed E-state index contributed by atoms with van der Waals surface area (Å²) in [5, 5.41) is 8.94. The van der Waals surface area contributed by atoms with Crippen LogP contribution in [0.25, 0.3) is 0 Å². The maximum absolute atomic E-state index is 10.9. The zero-order valence-electron chi connectivity index (χ0n) is 12.5. The van der Waals surface area contributed by atoms with Crippen molar-refractivity contribution in [1.29, 1.82) is 0 Å². The molecule has 1 fully saturated rings. The summed E-state index contributed by atoms with van der Waals surface area (Å²) in [5.41, 5.74) is 0. The molecule has 0 bridgehead atoms. The van der Waals surface area contributed by atoms with Gasteiger partial charge >= 0.3 is 6.09 Å². The molecule has 0 saturated heterocycles. The lowest BCUT2D eigenvalue weighted by Gasteiger charge is -2.33. The molecule has 0 aromatic heterocycles. The Bertz CT molecular complexity index is 263. The summed E-state index contributed by atoms with van der Waals surface area (Å²) in [4.78, 5) is 14.5. The molecule has 0 spiro atoms. The Balaban J connectivity index is 2.08. The SMILES string of the molecule is CN(C)CCCCO[C@H]1CC[C@H](N(C)C(=O)O)CC1. The molecule has 19 heavy (non-hydrogen) atoms. The summed E-state index contributed by atoms with van der Waals surface area (Å²) >= 11 is 0. The molecule has 1 N–H and O–H groups in total. The standard InChI is InChI=1S/C14H28N2O3/c1-15(2)10-4-5-11-19-13-8-6-12(7-9-13)16(3)14(17)18/h12-13H,4-11H2,1-3H3,(H,17,18)/t12-,13-. The van der Waals surface area contributed by atoms with Crippen LogP contribution in [-0.4, -0.2) is 67.4 Å². The van der Waals surface area contributed by atoms with Crippen LogP contribution in [0.4, 0.5) is 4.79 Å². The number of hydrogen-bond acceptors (Lipinski definition) is 3. The highest BCUT2D eigenvalue weighted by atomic mass is 16.5. The maximum atomic E-state index is 10.9. The topological polar surface area (TPSA) is 53.0 Å². The predicted octanol–water partition coefficient (Wildman–Crippen LogP) is 2.27. The van der Waals surface area contributed by atoms with E-state index in [4.69, 9.17) is 9.84 Å². The minimum absolute atomic E-state index is 0.172. The number of rotatable bonds is 7. The van der Waals surface area contributed by atoms with Crippen LogP contribution in [0.3, 0.4) is 0 Å². The third-order valence-electron chi connectivity index (χ3n) is 3.85. The first-order valence-corrected chi connectivity index (χ1v) is 7.22. The van der Waals surface area contributed by atoms with Gasteiger partial charge < -0.3 is 19.6 Å². The number of hydrogen-bond donors (Lipinski definition) is 1. The molecule has 1 amide bonds. The van der Waals surface area contributed by atoms with Crippen molar-refractivity contribution in [1.82, 2.24) is 9.80 Å². The molecule has 1 aliphatic carbocycles. The van der Waals surface area contributed by atoms with E-state index in [-0.39, 0.29) is 6.04 Å². The fourth-order valence-corrected chi connectivity index (χ4v) is 2.54. The molecule has 5 heteroatoms. The Morgan fingerprint density at radius 2 is 1.79 bits per heavy atom. The number of carbonyl (C=O) groups is 1. The number of ether oxygens (including phenoxy) is 1. The van der Waals surface area contributed by atoms with E-state index in [0.717, 1.165) is 45.3 Å². The van der Waals surface area contributed by atoms with Crippen molar-refractivity contribution in [3.05, 3.63) is 0 Å². The van der Waals surface area contributed by atoms with Crippen molar-refractivity contribution in [2.75, 3.05) is 34.3 Å². The lowest BCUT2D eigenvalue weighted by molar-refractivity contribution is 0.00973. The first kappa shape index (κ1) is 16.2. The average molecular weight is 272 g/mol. The molecule has 5 nitrogen and oxygen atoms in total. The molecule has 1 saturated carbocycles. The van der Waals surface area contributed by atoms with Crippen LogP contribution in [-0.2, 0) is 4.74 Å². The van der Waals surface area contributed by atoms with Crippen molar-refractivity contribution in [2.24, 2.45) is 0 Å². The van der Waals surface area contributed by atoms with Gasteiger partial charge in [0.1, 0.15) is 0 Å². The highest BCUT2D eigenvalue weighted by Crippen LogP contribution is 2.24. The van der Waals surface area contributed by atoms with Gasteiger partial charge in [-0.3, -0.25) is 0 Å². The highest BCUT2D eigenvalue weighted by Gasteiger charge is 2.26. The number of unbranched alkanes of at least 4 members (excludes halogenated alkanes) is 1. The molecule has 0 aromatic rings. The molecule has 0 unspecified atom stereocenters. The normalized spacial score (nSPS) is 23.6. The molecule has 0 aliphatic heterocycles. The monoisotopic (exact) mass is 272 g/mol. The van der Waals surface area contributed by atoms with Gasteiger partial charge in [-0.1, -0.05) is 0 Å². The lowest BCUT2D eigenvalue weighted by Crippen LogP contribution is -2.39. The first-order chi connectivity index (χ1) is 9.00. The van der Waals surface area contributed by atoms with E-state index in [1.54, 1.807) is 7.05 Å². The second kappa shape index (κ2) is 8.38. The predicted molar refractivity (Wildman–Crippen MR) is 75.6 cm³/mol. The Labute approximate surface area is 116 Å². The van der Waals surface area contributed by atoms with Crippen LogP contribution in [0.2, 0.25) is 0 Å². The van der Waals surface area contributed by atoms with Crippen molar-refractivity contribution in [3.63, 3.8) is 0 Å².